The first-order valence-corrected chi connectivity index (χ1v) is 5.48. The van der Waals surface area contributed by atoms with E-state index in [9.17, 15) is 0 Å². The lowest BCUT2D eigenvalue weighted by Gasteiger charge is -2.03. The van der Waals surface area contributed by atoms with Crippen LogP contribution in [0.1, 0.15) is 33.4 Å². The van der Waals surface area contributed by atoms with Gasteiger partial charge in [0.2, 0.25) is 0 Å². The number of rotatable bonds is 4. The molecule has 1 heterocycles. The van der Waals surface area contributed by atoms with E-state index < -0.39 is 0 Å². The van der Waals surface area contributed by atoms with Gasteiger partial charge in [-0.1, -0.05) is 45.9 Å². The Morgan fingerprint density at radius 1 is 1.27 bits per heavy atom. The van der Waals surface area contributed by atoms with Crippen LogP contribution in [0.5, 0.6) is 0 Å². The quantitative estimate of drug-likeness (QED) is 0.745. The van der Waals surface area contributed by atoms with Crippen LogP contribution >= 0.6 is 0 Å². The summed E-state index contributed by atoms with van der Waals surface area (Å²) in [5, 5.41) is 0. The Hall–Kier alpha value is -1.31. The summed E-state index contributed by atoms with van der Waals surface area (Å²) in [6.45, 7) is 8.71. The Morgan fingerprint density at radius 2 is 2.00 bits per heavy atom. The molecule has 0 saturated carbocycles. The zero-order valence-corrected chi connectivity index (χ0v) is 9.99. The van der Waals surface area contributed by atoms with E-state index in [0.29, 0.717) is 11.8 Å². The number of H-pyrrole nitrogens is 1. The van der Waals surface area contributed by atoms with Crippen molar-refractivity contribution >= 4 is 5.57 Å². The maximum Gasteiger partial charge on any atom is 0.0924 e. The van der Waals surface area contributed by atoms with Crippen LogP contribution in [0.4, 0.5) is 0 Å². The molecule has 0 aliphatic rings. The molecule has 1 N–H and O–H groups in total. The third-order valence-corrected chi connectivity index (χ3v) is 1.98. The molecule has 1 aromatic heterocycles. The fourth-order valence-electron chi connectivity index (χ4n) is 1.30. The van der Waals surface area contributed by atoms with E-state index in [1.165, 1.54) is 5.57 Å². The normalized spacial score (nSPS) is 13.3. The smallest absolute Gasteiger partial charge is 0.0924 e. The Balaban J connectivity index is 2.90. The molecule has 0 aromatic carbocycles. The highest BCUT2D eigenvalue weighted by Gasteiger charge is 2.00. The predicted molar refractivity (Wildman–Crippen MR) is 65.4 cm³/mol. The Morgan fingerprint density at radius 3 is 2.47 bits per heavy atom. The number of imidazole rings is 1. The van der Waals surface area contributed by atoms with Gasteiger partial charge in [0.15, 0.2) is 0 Å². The van der Waals surface area contributed by atoms with Gasteiger partial charge in [-0.05, 0) is 17.4 Å². The molecule has 1 rings (SSSR count). The lowest BCUT2D eigenvalue weighted by Crippen LogP contribution is -1.87. The standard InChI is InChI=1S/C13H20N2/c1-10(2)5-6-12(7-11(3)4)13-8-14-9-15-13/h5-11H,1-4H3,(H,14,15)/b6-5-,12-7+. The van der Waals surface area contributed by atoms with Gasteiger partial charge in [0.1, 0.15) is 0 Å². The third-order valence-electron chi connectivity index (χ3n) is 1.98. The molecule has 0 radical (unpaired) electrons. The third kappa shape index (κ3) is 4.15. The molecule has 2 nitrogen and oxygen atoms in total. The summed E-state index contributed by atoms with van der Waals surface area (Å²) in [6.07, 6.45) is 10.2. The van der Waals surface area contributed by atoms with Crippen molar-refractivity contribution in [1.82, 2.24) is 9.97 Å². The number of aromatic nitrogens is 2. The topological polar surface area (TPSA) is 28.7 Å². The molecule has 0 saturated heterocycles. The Kier molecular flexibility index (Phi) is 4.35. The zero-order valence-electron chi connectivity index (χ0n) is 9.99. The van der Waals surface area contributed by atoms with Crippen molar-refractivity contribution in [3.05, 3.63) is 36.4 Å². The van der Waals surface area contributed by atoms with Crippen LogP contribution in [-0.4, -0.2) is 9.97 Å². The second-order valence-corrected chi connectivity index (χ2v) is 4.43. The number of allylic oxidation sites excluding steroid dienone is 4. The van der Waals surface area contributed by atoms with E-state index in [-0.39, 0.29) is 0 Å². The minimum Gasteiger partial charge on any atom is -0.345 e. The van der Waals surface area contributed by atoms with Crippen LogP contribution < -0.4 is 0 Å². The average molecular weight is 204 g/mol. The minimum absolute atomic E-state index is 0.542. The van der Waals surface area contributed by atoms with E-state index in [2.05, 4.69) is 55.9 Å². The van der Waals surface area contributed by atoms with Gasteiger partial charge in [0.25, 0.3) is 0 Å². The van der Waals surface area contributed by atoms with Crippen LogP contribution in [-0.2, 0) is 0 Å². The van der Waals surface area contributed by atoms with Gasteiger partial charge >= 0.3 is 0 Å². The molecule has 0 aliphatic carbocycles. The monoisotopic (exact) mass is 204 g/mol. The first-order chi connectivity index (χ1) is 7.09. The van der Waals surface area contributed by atoms with Gasteiger partial charge in [-0.2, -0.15) is 0 Å². The fourth-order valence-corrected chi connectivity index (χ4v) is 1.30. The zero-order chi connectivity index (χ0) is 11.3. The number of aromatic amines is 1. The molecular formula is C13H20N2. The van der Waals surface area contributed by atoms with Crippen molar-refractivity contribution in [3.63, 3.8) is 0 Å². The van der Waals surface area contributed by atoms with Crippen LogP contribution in [0, 0.1) is 11.8 Å². The molecule has 1 aromatic rings. The molecule has 0 aliphatic heterocycles. The highest BCUT2D eigenvalue weighted by molar-refractivity contribution is 5.71. The summed E-state index contributed by atoms with van der Waals surface area (Å²) >= 11 is 0. The summed E-state index contributed by atoms with van der Waals surface area (Å²) in [5.41, 5.74) is 2.30. The summed E-state index contributed by atoms with van der Waals surface area (Å²) < 4.78 is 0. The molecular weight excluding hydrogens is 184 g/mol. The van der Waals surface area contributed by atoms with Crippen molar-refractivity contribution in [2.75, 3.05) is 0 Å². The van der Waals surface area contributed by atoms with Crippen molar-refractivity contribution in [2.24, 2.45) is 11.8 Å². The largest absolute Gasteiger partial charge is 0.345 e. The molecule has 0 atom stereocenters. The van der Waals surface area contributed by atoms with Crippen LogP contribution in [0.25, 0.3) is 5.57 Å². The highest BCUT2D eigenvalue weighted by atomic mass is 14.9. The predicted octanol–water partition coefficient (Wildman–Crippen LogP) is 3.66. The van der Waals surface area contributed by atoms with Crippen LogP contribution in [0.3, 0.4) is 0 Å². The molecule has 15 heavy (non-hydrogen) atoms. The van der Waals surface area contributed by atoms with Crippen molar-refractivity contribution in [2.45, 2.75) is 27.7 Å². The van der Waals surface area contributed by atoms with Crippen LogP contribution in [0.2, 0.25) is 0 Å². The molecule has 0 spiro atoms. The van der Waals surface area contributed by atoms with E-state index in [1.807, 2.05) is 6.20 Å². The van der Waals surface area contributed by atoms with Crippen molar-refractivity contribution < 1.29 is 0 Å². The lowest BCUT2D eigenvalue weighted by molar-refractivity contribution is 0.826. The van der Waals surface area contributed by atoms with Crippen LogP contribution in [0.15, 0.2) is 30.8 Å². The van der Waals surface area contributed by atoms with E-state index >= 15 is 0 Å². The van der Waals surface area contributed by atoms with E-state index in [0.717, 1.165) is 5.69 Å². The van der Waals surface area contributed by atoms with Crippen molar-refractivity contribution in [1.29, 1.82) is 0 Å². The van der Waals surface area contributed by atoms with Gasteiger partial charge in [0, 0.05) is 0 Å². The summed E-state index contributed by atoms with van der Waals surface area (Å²) in [6, 6.07) is 0. The number of nitrogens with one attached hydrogen (secondary N) is 1. The average Bonchev–Trinajstić information content (AvgIpc) is 2.63. The molecule has 0 unspecified atom stereocenters. The fraction of sp³-hybridized carbons (Fsp3) is 0.462. The first kappa shape index (κ1) is 11.8. The Bertz CT molecular complexity index is 329. The lowest BCUT2D eigenvalue weighted by atomic mass is 10.0. The molecule has 82 valence electrons. The minimum atomic E-state index is 0.542. The molecule has 0 bridgehead atoms. The number of nitrogens with zero attached hydrogens (tertiary/aromatic N) is 1. The van der Waals surface area contributed by atoms with Gasteiger partial charge in [-0.15, -0.1) is 0 Å². The summed E-state index contributed by atoms with van der Waals surface area (Å²) in [4.78, 5) is 7.18. The molecule has 0 amide bonds. The Labute approximate surface area is 92.1 Å². The maximum absolute atomic E-state index is 4.05. The summed E-state index contributed by atoms with van der Waals surface area (Å²) in [7, 11) is 0. The van der Waals surface area contributed by atoms with Gasteiger partial charge < -0.3 is 4.98 Å². The van der Waals surface area contributed by atoms with Gasteiger partial charge in [-0.25, -0.2) is 4.98 Å². The van der Waals surface area contributed by atoms with Gasteiger partial charge in [0.05, 0.1) is 18.2 Å². The second-order valence-electron chi connectivity index (χ2n) is 4.43. The highest BCUT2D eigenvalue weighted by Crippen LogP contribution is 2.16. The van der Waals surface area contributed by atoms with Crippen molar-refractivity contribution in [3.8, 4) is 0 Å². The molecule has 2 heteroatoms. The van der Waals surface area contributed by atoms with E-state index in [1.54, 1.807) is 6.33 Å². The van der Waals surface area contributed by atoms with E-state index in [4.69, 9.17) is 0 Å². The molecule has 0 fully saturated rings. The van der Waals surface area contributed by atoms with Gasteiger partial charge in [-0.3, -0.25) is 0 Å². The summed E-state index contributed by atoms with van der Waals surface area (Å²) in [5.74, 6) is 1.11. The maximum atomic E-state index is 4.05. The number of hydrogen-bond acceptors (Lipinski definition) is 1. The first-order valence-electron chi connectivity index (χ1n) is 5.48. The number of hydrogen-bond donors (Lipinski definition) is 1. The second kappa shape index (κ2) is 5.54. The SMILES string of the molecule is CC(C)/C=C\C(=C/C(C)C)c1cnc[nH]1.